The largest absolute Gasteiger partial charge is 0.507 e. The highest BCUT2D eigenvalue weighted by Gasteiger charge is 2.47. The zero-order valence-corrected chi connectivity index (χ0v) is 19.5. The van der Waals surface area contributed by atoms with E-state index in [4.69, 9.17) is 4.74 Å². The number of amides is 1. The first-order valence-electron chi connectivity index (χ1n) is 11.7. The predicted molar refractivity (Wildman–Crippen MR) is 129 cm³/mol. The molecule has 1 amide bonds. The van der Waals surface area contributed by atoms with Crippen molar-refractivity contribution in [2.24, 2.45) is 0 Å². The van der Waals surface area contributed by atoms with Crippen LogP contribution in [0.5, 0.6) is 0 Å². The number of benzene rings is 1. The lowest BCUT2D eigenvalue weighted by Gasteiger charge is -2.30. The maximum absolute atomic E-state index is 13.3. The number of likely N-dealkylation sites (tertiary alicyclic amines) is 1. The van der Waals surface area contributed by atoms with Crippen LogP contribution in [0.1, 0.15) is 23.0 Å². The van der Waals surface area contributed by atoms with Crippen LogP contribution < -0.4 is 0 Å². The number of aliphatic hydroxyl groups is 1. The average molecular weight is 474 g/mol. The first-order chi connectivity index (χ1) is 17.1. The van der Waals surface area contributed by atoms with E-state index in [1.807, 2.05) is 43.3 Å². The lowest BCUT2D eigenvalue weighted by atomic mass is 9.98. The summed E-state index contributed by atoms with van der Waals surface area (Å²) in [5, 5.41) is 15.8. The van der Waals surface area contributed by atoms with Gasteiger partial charge in [-0.2, -0.15) is 5.10 Å². The van der Waals surface area contributed by atoms with Crippen LogP contribution in [0.25, 0.3) is 11.4 Å². The molecule has 0 saturated carbocycles. The molecule has 5 rings (SSSR count). The van der Waals surface area contributed by atoms with Crippen LogP contribution in [0.3, 0.4) is 0 Å². The Balaban J connectivity index is 1.54. The van der Waals surface area contributed by atoms with Crippen molar-refractivity contribution in [2.75, 3.05) is 39.4 Å². The summed E-state index contributed by atoms with van der Waals surface area (Å²) in [7, 11) is 0. The van der Waals surface area contributed by atoms with Crippen molar-refractivity contribution in [3.05, 3.63) is 83.4 Å². The fraction of sp³-hybridized carbons (Fsp3) is 0.308. The number of Topliss-reactive ketones (excluding diaryl/α,β-unsaturated/α-hetero) is 1. The molecule has 2 aliphatic rings. The molecular weight excluding hydrogens is 446 g/mol. The molecule has 0 aliphatic carbocycles. The van der Waals surface area contributed by atoms with Gasteiger partial charge in [-0.25, -0.2) is 4.68 Å². The number of carbonyl (C=O) groups is 2. The fourth-order valence-electron chi connectivity index (χ4n) is 4.65. The normalized spacial score (nSPS) is 20.5. The molecule has 180 valence electrons. The SMILES string of the molecule is Cc1c(C(O)=C2C(=O)C(=O)N(CCN3CCOCC3)[C@@H]2c2ccccn2)cnn1-c1ccccc1. The van der Waals surface area contributed by atoms with Gasteiger partial charge in [-0.3, -0.25) is 19.5 Å². The van der Waals surface area contributed by atoms with Gasteiger partial charge in [0.2, 0.25) is 0 Å². The zero-order valence-electron chi connectivity index (χ0n) is 19.5. The van der Waals surface area contributed by atoms with Crippen LogP contribution in [-0.2, 0) is 14.3 Å². The van der Waals surface area contributed by atoms with Crippen LogP contribution in [0.4, 0.5) is 0 Å². The maximum atomic E-state index is 13.3. The number of ether oxygens (including phenoxy) is 1. The molecule has 4 heterocycles. The molecule has 35 heavy (non-hydrogen) atoms. The van der Waals surface area contributed by atoms with Crippen molar-refractivity contribution in [1.29, 1.82) is 0 Å². The topological polar surface area (TPSA) is 101 Å². The first kappa shape index (κ1) is 22.9. The molecule has 2 aliphatic heterocycles. The van der Waals surface area contributed by atoms with Gasteiger partial charge in [0.1, 0.15) is 11.8 Å². The van der Waals surface area contributed by atoms with Gasteiger partial charge in [0.25, 0.3) is 11.7 Å². The number of hydrogen-bond acceptors (Lipinski definition) is 7. The minimum atomic E-state index is -0.781. The van der Waals surface area contributed by atoms with Gasteiger partial charge in [-0.15, -0.1) is 0 Å². The minimum Gasteiger partial charge on any atom is -0.507 e. The van der Waals surface area contributed by atoms with E-state index < -0.39 is 17.7 Å². The summed E-state index contributed by atoms with van der Waals surface area (Å²) in [4.78, 5) is 34.6. The van der Waals surface area contributed by atoms with Gasteiger partial charge in [0.05, 0.1) is 47.6 Å². The first-order valence-corrected chi connectivity index (χ1v) is 11.7. The number of pyridine rings is 1. The molecule has 0 radical (unpaired) electrons. The smallest absolute Gasteiger partial charge is 0.295 e. The second-order valence-electron chi connectivity index (χ2n) is 8.59. The molecule has 9 nitrogen and oxygen atoms in total. The Morgan fingerprint density at radius 3 is 2.51 bits per heavy atom. The van der Waals surface area contributed by atoms with E-state index in [0.717, 1.165) is 18.8 Å². The van der Waals surface area contributed by atoms with Crippen LogP contribution in [-0.4, -0.2) is 80.8 Å². The number of morpholine rings is 1. The van der Waals surface area contributed by atoms with Gasteiger partial charge in [-0.05, 0) is 31.2 Å². The molecule has 2 aromatic heterocycles. The molecular formula is C26H27N5O4. The monoisotopic (exact) mass is 473 g/mol. The van der Waals surface area contributed by atoms with Crippen molar-refractivity contribution in [3.8, 4) is 5.69 Å². The van der Waals surface area contributed by atoms with Crippen molar-refractivity contribution >= 4 is 17.4 Å². The number of para-hydroxylation sites is 1. The average Bonchev–Trinajstić information content (AvgIpc) is 3.41. The molecule has 0 unspecified atom stereocenters. The Kier molecular flexibility index (Phi) is 6.43. The Labute approximate surface area is 203 Å². The van der Waals surface area contributed by atoms with Gasteiger partial charge in [0.15, 0.2) is 0 Å². The number of nitrogens with zero attached hydrogens (tertiary/aromatic N) is 5. The summed E-state index contributed by atoms with van der Waals surface area (Å²) in [6.07, 6.45) is 3.14. The van der Waals surface area contributed by atoms with Crippen molar-refractivity contribution in [1.82, 2.24) is 24.6 Å². The zero-order chi connectivity index (χ0) is 24.4. The number of carbonyl (C=O) groups excluding carboxylic acids is 2. The van der Waals surface area contributed by atoms with Crippen LogP contribution in [0, 0.1) is 6.92 Å². The highest BCUT2D eigenvalue weighted by Crippen LogP contribution is 2.39. The van der Waals surface area contributed by atoms with E-state index in [2.05, 4.69) is 15.0 Å². The molecule has 1 aromatic carbocycles. The fourth-order valence-corrected chi connectivity index (χ4v) is 4.65. The van der Waals surface area contributed by atoms with Crippen molar-refractivity contribution < 1.29 is 19.4 Å². The second-order valence-corrected chi connectivity index (χ2v) is 8.59. The van der Waals surface area contributed by atoms with Crippen LogP contribution in [0.15, 0.2) is 66.5 Å². The summed E-state index contributed by atoms with van der Waals surface area (Å²) in [5.41, 5.74) is 2.46. The number of rotatable bonds is 6. The minimum absolute atomic E-state index is 0.0337. The van der Waals surface area contributed by atoms with E-state index >= 15 is 0 Å². The third-order valence-electron chi connectivity index (χ3n) is 6.53. The molecule has 2 saturated heterocycles. The molecule has 1 atom stereocenters. The highest BCUT2D eigenvalue weighted by atomic mass is 16.5. The number of ketones is 1. The maximum Gasteiger partial charge on any atom is 0.295 e. The van der Waals surface area contributed by atoms with Crippen molar-refractivity contribution in [2.45, 2.75) is 13.0 Å². The number of aromatic nitrogens is 3. The summed E-state index contributed by atoms with van der Waals surface area (Å²) in [6.45, 7) is 5.60. The Morgan fingerprint density at radius 2 is 1.80 bits per heavy atom. The molecule has 2 fully saturated rings. The van der Waals surface area contributed by atoms with Crippen LogP contribution >= 0.6 is 0 Å². The molecule has 0 bridgehead atoms. The third kappa shape index (κ3) is 4.36. The summed E-state index contributed by atoms with van der Waals surface area (Å²) in [6, 6.07) is 14.1. The van der Waals surface area contributed by atoms with Crippen LogP contribution in [0.2, 0.25) is 0 Å². The summed E-state index contributed by atoms with van der Waals surface area (Å²) < 4.78 is 7.10. The highest BCUT2D eigenvalue weighted by molar-refractivity contribution is 6.46. The van der Waals surface area contributed by atoms with E-state index in [-0.39, 0.29) is 11.3 Å². The van der Waals surface area contributed by atoms with E-state index in [0.29, 0.717) is 43.3 Å². The lowest BCUT2D eigenvalue weighted by molar-refractivity contribution is -0.140. The quantitative estimate of drug-likeness (QED) is 0.333. The third-order valence-corrected chi connectivity index (χ3v) is 6.53. The van der Waals surface area contributed by atoms with Gasteiger partial charge < -0.3 is 14.7 Å². The second kappa shape index (κ2) is 9.81. The van der Waals surface area contributed by atoms with Gasteiger partial charge in [0, 0.05) is 32.4 Å². The van der Waals surface area contributed by atoms with Crippen molar-refractivity contribution in [3.63, 3.8) is 0 Å². The van der Waals surface area contributed by atoms with E-state index in [1.54, 1.807) is 23.0 Å². The predicted octanol–water partition coefficient (Wildman–Crippen LogP) is 2.33. The molecule has 3 aromatic rings. The van der Waals surface area contributed by atoms with E-state index in [9.17, 15) is 14.7 Å². The molecule has 9 heteroatoms. The standard InChI is InChI=1S/C26H27N5O4/c1-18-20(17-28-31(18)19-7-3-2-4-8-19)24(32)22-23(21-9-5-6-10-27-21)30(26(34)25(22)33)12-11-29-13-15-35-16-14-29/h2-10,17,23,32H,11-16H2,1H3/t23-/m1/s1. The molecule has 0 spiro atoms. The Hall–Kier alpha value is -3.82. The number of aliphatic hydroxyl groups excluding tert-OH is 1. The Bertz CT molecular complexity index is 1250. The lowest BCUT2D eigenvalue weighted by Crippen LogP contribution is -2.42. The van der Waals surface area contributed by atoms with Gasteiger partial charge in [-0.1, -0.05) is 24.3 Å². The van der Waals surface area contributed by atoms with E-state index in [1.165, 1.54) is 11.1 Å². The Morgan fingerprint density at radius 1 is 1.06 bits per heavy atom. The molecule has 1 N–H and O–H groups in total. The summed E-state index contributed by atoms with van der Waals surface area (Å²) in [5.74, 6) is -1.59. The summed E-state index contributed by atoms with van der Waals surface area (Å²) >= 11 is 0. The van der Waals surface area contributed by atoms with Gasteiger partial charge >= 0.3 is 0 Å². The number of hydrogen-bond donors (Lipinski definition) is 1.